The average molecular weight is 520 g/mol. The van der Waals surface area contributed by atoms with Crippen LogP contribution in [0.2, 0.25) is 0 Å². The Morgan fingerprint density at radius 3 is 2.46 bits per heavy atom. The number of allylic oxidation sites excluding steroid dienone is 4. The van der Waals surface area contributed by atoms with E-state index in [1.807, 2.05) is 19.1 Å². The van der Waals surface area contributed by atoms with Gasteiger partial charge in [0.15, 0.2) is 0 Å². The van der Waals surface area contributed by atoms with Crippen molar-refractivity contribution >= 4 is 23.1 Å². The Morgan fingerprint density at radius 1 is 1.14 bits per heavy atom. The van der Waals surface area contributed by atoms with E-state index >= 15 is 0 Å². The average Bonchev–Trinajstić information content (AvgIpc) is 2.89. The van der Waals surface area contributed by atoms with Gasteiger partial charge in [0.2, 0.25) is 0 Å². The Hall–Kier alpha value is -2.33. The first kappa shape index (κ1) is 29.2. The molecule has 1 saturated heterocycles. The number of nitrogens with one attached hydrogen (secondary N) is 1. The van der Waals surface area contributed by atoms with Gasteiger partial charge >= 0.3 is 0 Å². The highest BCUT2D eigenvalue weighted by Gasteiger charge is 2.24. The molecule has 0 bridgehead atoms. The van der Waals surface area contributed by atoms with E-state index in [4.69, 9.17) is 0 Å². The van der Waals surface area contributed by atoms with Crippen LogP contribution in [0.1, 0.15) is 69.9 Å². The normalized spacial score (nSPS) is 20.6. The number of hydrogen-bond donors (Lipinski definition) is 1. The summed E-state index contributed by atoms with van der Waals surface area (Å²) in [7, 11) is 2.20. The molecule has 1 aromatic rings. The molecule has 1 aliphatic heterocycles. The lowest BCUT2D eigenvalue weighted by atomic mass is 9.81. The zero-order valence-electron chi connectivity index (χ0n) is 23.8. The summed E-state index contributed by atoms with van der Waals surface area (Å²) in [6.45, 7) is 22.1. The molecule has 1 heterocycles. The smallest absolute Gasteiger partial charge is 0.0658 e. The number of thioether (sulfide) groups is 1. The first-order chi connectivity index (χ1) is 17.8. The summed E-state index contributed by atoms with van der Waals surface area (Å²) in [5.41, 5.74) is 6.83. The number of anilines is 2. The maximum Gasteiger partial charge on any atom is 0.0658 e. The van der Waals surface area contributed by atoms with E-state index in [1.54, 1.807) is 11.8 Å². The Balaban J connectivity index is 1.64. The highest BCUT2D eigenvalue weighted by Crippen LogP contribution is 2.36. The second-order valence-corrected chi connectivity index (χ2v) is 12.0. The van der Waals surface area contributed by atoms with Crippen LogP contribution in [0.4, 0.5) is 11.4 Å². The van der Waals surface area contributed by atoms with Crippen LogP contribution in [-0.4, -0.2) is 32.7 Å². The molecular formula is C33H49N3S. The van der Waals surface area contributed by atoms with E-state index < -0.39 is 0 Å². The summed E-state index contributed by atoms with van der Waals surface area (Å²) in [6, 6.07) is 5.44. The number of benzene rings is 1. The molecule has 2 aliphatic rings. The largest absolute Gasteiger partial charge is 0.377 e. The Morgan fingerprint density at radius 2 is 1.84 bits per heavy atom. The molecule has 1 saturated carbocycles. The highest BCUT2D eigenvalue weighted by atomic mass is 32.2. The second kappa shape index (κ2) is 14.6. The summed E-state index contributed by atoms with van der Waals surface area (Å²) in [4.78, 5) is 6.13. The predicted octanol–water partition coefficient (Wildman–Crippen LogP) is 8.54. The first-order valence-corrected chi connectivity index (χ1v) is 15.0. The van der Waals surface area contributed by atoms with Crippen molar-refractivity contribution in [3.05, 3.63) is 82.8 Å². The van der Waals surface area contributed by atoms with Gasteiger partial charge in [-0.15, -0.1) is 6.58 Å². The van der Waals surface area contributed by atoms with Crippen molar-refractivity contribution < 1.29 is 0 Å². The molecule has 0 aromatic heterocycles. The van der Waals surface area contributed by atoms with Gasteiger partial charge in [-0.05, 0) is 113 Å². The minimum atomic E-state index is 0.513. The Bertz CT molecular complexity index is 991. The van der Waals surface area contributed by atoms with Crippen LogP contribution >= 0.6 is 11.8 Å². The maximum absolute atomic E-state index is 4.30. The molecule has 4 heteroatoms. The third kappa shape index (κ3) is 8.60. The van der Waals surface area contributed by atoms with E-state index in [9.17, 15) is 0 Å². The van der Waals surface area contributed by atoms with Gasteiger partial charge in [0, 0.05) is 49.0 Å². The number of likely N-dealkylation sites (N-methyl/N-ethyl adjacent to an activating group) is 1. The van der Waals surface area contributed by atoms with Crippen LogP contribution in [0.3, 0.4) is 0 Å². The van der Waals surface area contributed by atoms with Crippen molar-refractivity contribution in [2.24, 2.45) is 5.92 Å². The zero-order chi connectivity index (χ0) is 26.8. The predicted molar refractivity (Wildman–Crippen MR) is 168 cm³/mol. The molecule has 0 unspecified atom stereocenters. The minimum absolute atomic E-state index is 0.513. The molecule has 1 aliphatic carbocycles. The Kier molecular flexibility index (Phi) is 11.5. The lowest BCUT2D eigenvalue weighted by Crippen LogP contribution is -2.32. The van der Waals surface area contributed by atoms with Gasteiger partial charge in [0.05, 0.1) is 5.03 Å². The summed E-state index contributed by atoms with van der Waals surface area (Å²) in [5, 5.41) is 4.74. The van der Waals surface area contributed by atoms with Crippen molar-refractivity contribution in [1.29, 1.82) is 0 Å². The van der Waals surface area contributed by atoms with Gasteiger partial charge in [0.1, 0.15) is 0 Å². The van der Waals surface area contributed by atoms with E-state index in [-0.39, 0.29) is 0 Å². The van der Waals surface area contributed by atoms with Crippen molar-refractivity contribution in [3.8, 4) is 0 Å². The fourth-order valence-electron chi connectivity index (χ4n) is 5.64. The van der Waals surface area contributed by atoms with Gasteiger partial charge < -0.3 is 15.1 Å². The Labute approximate surface area is 231 Å². The molecule has 3 rings (SSSR count). The van der Waals surface area contributed by atoms with Gasteiger partial charge in [-0.25, -0.2) is 0 Å². The van der Waals surface area contributed by atoms with E-state index in [0.717, 1.165) is 23.1 Å². The summed E-state index contributed by atoms with van der Waals surface area (Å²) in [6.07, 6.45) is 18.3. The van der Waals surface area contributed by atoms with Crippen molar-refractivity contribution in [3.63, 3.8) is 0 Å². The first-order valence-electron chi connectivity index (χ1n) is 14.1. The van der Waals surface area contributed by atoms with Gasteiger partial charge in [-0.2, -0.15) is 0 Å². The standard InChI is InChI=1S/C33H49N3S/c1-8-10-14-33(25(3)4)37-27(6)34-30-17-15-28(16-18-30)22-29-23-31(36-20-12-11-13-21-36)24-32(26(29)5)35(7)19-9-2/h8-10,14,23-24,28,30,34H,2-3,6,11-13,15-22H2,1,4-5,7H3/b10-8-,33-14+. The molecule has 0 amide bonds. The zero-order valence-corrected chi connectivity index (χ0v) is 24.6. The summed E-state index contributed by atoms with van der Waals surface area (Å²) < 4.78 is 0. The van der Waals surface area contributed by atoms with Crippen molar-refractivity contribution in [2.75, 3.05) is 36.5 Å². The van der Waals surface area contributed by atoms with Crippen LogP contribution in [0.15, 0.2) is 71.7 Å². The number of nitrogens with zero attached hydrogens (tertiary/aromatic N) is 2. The molecule has 2 fully saturated rings. The fraction of sp³-hybridized carbons (Fsp3) is 0.515. The van der Waals surface area contributed by atoms with Crippen LogP contribution < -0.4 is 15.1 Å². The summed E-state index contributed by atoms with van der Waals surface area (Å²) >= 11 is 1.70. The van der Waals surface area contributed by atoms with Crippen LogP contribution in [0.25, 0.3) is 0 Å². The lowest BCUT2D eigenvalue weighted by Gasteiger charge is -2.33. The quantitative estimate of drug-likeness (QED) is 0.220. The molecule has 3 nitrogen and oxygen atoms in total. The number of piperidine rings is 1. The van der Waals surface area contributed by atoms with Gasteiger partial charge in [0.25, 0.3) is 0 Å². The molecular weight excluding hydrogens is 470 g/mol. The highest BCUT2D eigenvalue weighted by molar-refractivity contribution is 8.06. The van der Waals surface area contributed by atoms with Crippen molar-refractivity contribution in [2.45, 2.75) is 78.2 Å². The second-order valence-electron chi connectivity index (χ2n) is 10.9. The molecule has 202 valence electrons. The molecule has 1 aromatic carbocycles. The minimum Gasteiger partial charge on any atom is -0.377 e. The fourth-order valence-corrected chi connectivity index (χ4v) is 6.45. The van der Waals surface area contributed by atoms with E-state index in [2.05, 4.69) is 80.0 Å². The van der Waals surface area contributed by atoms with E-state index in [0.29, 0.717) is 6.04 Å². The monoisotopic (exact) mass is 519 g/mol. The molecule has 37 heavy (non-hydrogen) atoms. The SMILES string of the molecule is C=CCN(C)c1cc(N2CCCCC2)cc(CC2CCC(NC(=C)S/C(=C/C=C\C)C(=C)C)CC2)c1C. The summed E-state index contributed by atoms with van der Waals surface area (Å²) in [5.74, 6) is 0.743. The third-order valence-corrected chi connectivity index (χ3v) is 8.89. The molecule has 0 atom stereocenters. The van der Waals surface area contributed by atoms with Crippen LogP contribution in [0.5, 0.6) is 0 Å². The third-order valence-electron chi connectivity index (χ3n) is 7.82. The van der Waals surface area contributed by atoms with Crippen LogP contribution in [0, 0.1) is 12.8 Å². The van der Waals surface area contributed by atoms with E-state index in [1.165, 1.54) is 91.9 Å². The molecule has 0 radical (unpaired) electrons. The molecule has 0 spiro atoms. The van der Waals surface area contributed by atoms with Crippen LogP contribution in [-0.2, 0) is 6.42 Å². The van der Waals surface area contributed by atoms with Gasteiger partial charge in [-0.1, -0.05) is 43.1 Å². The van der Waals surface area contributed by atoms with Gasteiger partial charge in [-0.3, -0.25) is 0 Å². The number of rotatable bonds is 12. The maximum atomic E-state index is 4.30. The topological polar surface area (TPSA) is 18.5 Å². The lowest BCUT2D eigenvalue weighted by molar-refractivity contribution is 0.304. The number of hydrogen-bond acceptors (Lipinski definition) is 4. The van der Waals surface area contributed by atoms with Crippen molar-refractivity contribution in [1.82, 2.24) is 5.32 Å². The molecule has 1 N–H and O–H groups in total.